The largest absolute Gasteiger partial charge is 0.320 e. The summed E-state index contributed by atoms with van der Waals surface area (Å²) < 4.78 is 0. The molecular weight excluding hydrogens is 260 g/mol. The molecule has 0 bridgehead atoms. The number of nitrogens with zero attached hydrogens (tertiary/aromatic N) is 2. The molecule has 0 unspecified atom stereocenters. The van der Waals surface area contributed by atoms with Crippen molar-refractivity contribution in [2.75, 3.05) is 6.54 Å². The highest BCUT2D eigenvalue weighted by atomic mass is 32.1. The van der Waals surface area contributed by atoms with Gasteiger partial charge < -0.3 is 10.3 Å². The second-order valence-electron chi connectivity index (χ2n) is 4.64. The standard InChI is InChI=1S/C13H18N4OS/c1-9(2)14-8-4-7-12-16-17-13(19-12)10-5-3-6-11(18)15-10/h3,5-6,9,14H,4,7-8H2,1-2H3,(H,15,18). The van der Waals surface area contributed by atoms with Gasteiger partial charge >= 0.3 is 0 Å². The second kappa shape index (κ2) is 6.58. The number of H-pyrrole nitrogens is 1. The number of hydrogen-bond acceptors (Lipinski definition) is 5. The summed E-state index contributed by atoms with van der Waals surface area (Å²) in [6, 6.07) is 5.57. The molecule has 0 fully saturated rings. The van der Waals surface area contributed by atoms with E-state index < -0.39 is 0 Å². The average Bonchev–Trinajstić information content (AvgIpc) is 2.83. The topological polar surface area (TPSA) is 70.7 Å². The van der Waals surface area contributed by atoms with E-state index in [9.17, 15) is 4.79 Å². The first-order valence-electron chi connectivity index (χ1n) is 6.40. The van der Waals surface area contributed by atoms with Crippen LogP contribution in [0.25, 0.3) is 10.7 Å². The van der Waals surface area contributed by atoms with E-state index in [1.165, 1.54) is 17.4 Å². The molecule has 2 aromatic rings. The Kier molecular flexibility index (Phi) is 4.81. The Bertz CT molecular complexity index is 576. The molecule has 0 aliphatic heterocycles. The highest BCUT2D eigenvalue weighted by Gasteiger charge is 2.07. The van der Waals surface area contributed by atoms with Crippen LogP contribution < -0.4 is 10.9 Å². The maximum Gasteiger partial charge on any atom is 0.248 e. The van der Waals surface area contributed by atoms with Crippen molar-refractivity contribution >= 4 is 11.3 Å². The van der Waals surface area contributed by atoms with Crippen LogP contribution in [0.1, 0.15) is 25.3 Å². The van der Waals surface area contributed by atoms with Crippen molar-refractivity contribution in [1.29, 1.82) is 0 Å². The molecule has 2 aromatic heterocycles. The lowest BCUT2D eigenvalue weighted by atomic mass is 10.3. The summed E-state index contributed by atoms with van der Waals surface area (Å²) in [4.78, 5) is 14.0. The summed E-state index contributed by atoms with van der Waals surface area (Å²) in [5.74, 6) is 0. The maximum absolute atomic E-state index is 11.2. The Labute approximate surface area is 116 Å². The Balaban J connectivity index is 1.94. The van der Waals surface area contributed by atoms with Crippen LogP contribution in [0.5, 0.6) is 0 Å². The van der Waals surface area contributed by atoms with Crippen LogP contribution in [0.15, 0.2) is 23.0 Å². The van der Waals surface area contributed by atoms with E-state index in [4.69, 9.17) is 0 Å². The Morgan fingerprint density at radius 3 is 2.95 bits per heavy atom. The molecule has 19 heavy (non-hydrogen) atoms. The van der Waals surface area contributed by atoms with Crippen LogP contribution in [-0.4, -0.2) is 27.8 Å². The van der Waals surface area contributed by atoms with E-state index in [-0.39, 0.29) is 5.56 Å². The Hall–Kier alpha value is -1.53. The van der Waals surface area contributed by atoms with Gasteiger partial charge in [0.05, 0.1) is 5.69 Å². The molecule has 0 amide bonds. The zero-order valence-corrected chi connectivity index (χ0v) is 12.0. The SMILES string of the molecule is CC(C)NCCCc1nnc(-c2cccc(=O)[nH]2)s1. The third kappa shape index (κ3) is 4.25. The normalized spacial score (nSPS) is 11.1. The highest BCUT2D eigenvalue weighted by Crippen LogP contribution is 2.21. The lowest BCUT2D eigenvalue weighted by Crippen LogP contribution is -2.23. The van der Waals surface area contributed by atoms with E-state index in [0.717, 1.165) is 35.1 Å². The van der Waals surface area contributed by atoms with Gasteiger partial charge in [0.25, 0.3) is 0 Å². The van der Waals surface area contributed by atoms with Crippen LogP contribution in [-0.2, 0) is 6.42 Å². The van der Waals surface area contributed by atoms with Crippen LogP contribution in [0, 0.1) is 0 Å². The molecule has 0 radical (unpaired) electrons. The lowest BCUT2D eigenvalue weighted by Gasteiger charge is -2.05. The van der Waals surface area contributed by atoms with Crippen molar-refractivity contribution in [3.63, 3.8) is 0 Å². The van der Waals surface area contributed by atoms with Crippen LogP contribution in [0.2, 0.25) is 0 Å². The van der Waals surface area contributed by atoms with Gasteiger partial charge in [0, 0.05) is 18.5 Å². The molecule has 0 saturated carbocycles. The number of pyridine rings is 1. The third-order valence-corrected chi connectivity index (χ3v) is 3.60. The fraction of sp³-hybridized carbons (Fsp3) is 0.462. The molecule has 102 valence electrons. The van der Waals surface area contributed by atoms with Crippen LogP contribution in [0.4, 0.5) is 0 Å². The lowest BCUT2D eigenvalue weighted by molar-refractivity contribution is 0.569. The van der Waals surface area contributed by atoms with Gasteiger partial charge in [0.2, 0.25) is 5.56 Å². The molecule has 0 aromatic carbocycles. The molecule has 2 rings (SSSR count). The number of hydrogen-bond donors (Lipinski definition) is 2. The smallest absolute Gasteiger partial charge is 0.248 e. The monoisotopic (exact) mass is 278 g/mol. The molecular formula is C13H18N4OS. The van der Waals surface area contributed by atoms with E-state index >= 15 is 0 Å². The molecule has 0 spiro atoms. The van der Waals surface area contributed by atoms with Crippen LogP contribution in [0.3, 0.4) is 0 Å². The van der Waals surface area contributed by atoms with Crippen molar-refractivity contribution in [1.82, 2.24) is 20.5 Å². The average molecular weight is 278 g/mol. The van der Waals surface area contributed by atoms with E-state index in [1.54, 1.807) is 6.07 Å². The minimum absolute atomic E-state index is 0.115. The van der Waals surface area contributed by atoms with Crippen molar-refractivity contribution in [3.05, 3.63) is 33.6 Å². The zero-order chi connectivity index (χ0) is 13.7. The molecule has 0 atom stereocenters. The minimum Gasteiger partial charge on any atom is -0.320 e. The van der Waals surface area contributed by atoms with Crippen LogP contribution >= 0.6 is 11.3 Å². The van der Waals surface area contributed by atoms with Gasteiger partial charge in [0.15, 0.2) is 5.01 Å². The molecule has 6 heteroatoms. The number of rotatable bonds is 6. The van der Waals surface area contributed by atoms with Gasteiger partial charge in [-0.2, -0.15) is 0 Å². The second-order valence-corrected chi connectivity index (χ2v) is 5.70. The Morgan fingerprint density at radius 1 is 1.37 bits per heavy atom. The van der Waals surface area contributed by atoms with Gasteiger partial charge in [-0.1, -0.05) is 31.3 Å². The molecule has 0 aliphatic carbocycles. The summed E-state index contributed by atoms with van der Waals surface area (Å²) >= 11 is 1.53. The predicted octanol–water partition coefficient (Wildman–Crippen LogP) is 1.82. The van der Waals surface area contributed by atoms with Gasteiger partial charge in [0.1, 0.15) is 5.01 Å². The van der Waals surface area contributed by atoms with E-state index in [2.05, 4.69) is 34.3 Å². The van der Waals surface area contributed by atoms with Crippen molar-refractivity contribution in [2.24, 2.45) is 0 Å². The number of aromatic amines is 1. The summed E-state index contributed by atoms with van der Waals surface area (Å²) in [7, 11) is 0. The summed E-state index contributed by atoms with van der Waals surface area (Å²) in [5.41, 5.74) is 0.618. The van der Waals surface area contributed by atoms with Crippen molar-refractivity contribution in [2.45, 2.75) is 32.7 Å². The number of aryl methyl sites for hydroxylation is 1. The van der Waals surface area contributed by atoms with Gasteiger partial charge in [-0.3, -0.25) is 4.79 Å². The quantitative estimate of drug-likeness (QED) is 0.791. The first-order valence-corrected chi connectivity index (χ1v) is 7.22. The molecule has 2 N–H and O–H groups in total. The fourth-order valence-corrected chi connectivity index (χ4v) is 2.53. The van der Waals surface area contributed by atoms with Crippen molar-refractivity contribution in [3.8, 4) is 10.7 Å². The van der Waals surface area contributed by atoms with Gasteiger partial charge in [-0.15, -0.1) is 10.2 Å². The first-order chi connectivity index (χ1) is 9.15. The maximum atomic E-state index is 11.2. The number of aromatic nitrogens is 3. The Morgan fingerprint density at radius 2 is 2.21 bits per heavy atom. The predicted molar refractivity (Wildman–Crippen MR) is 77.4 cm³/mol. The highest BCUT2D eigenvalue weighted by molar-refractivity contribution is 7.14. The zero-order valence-electron chi connectivity index (χ0n) is 11.1. The summed E-state index contributed by atoms with van der Waals surface area (Å²) in [6.07, 6.45) is 1.95. The molecule has 0 saturated heterocycles. The van der Waals surface area contributed by atoms with Crippen molar-refractivity contribution < 1.29 is 0 Å². The molecule has 2 heterocycles. The number of nitrogens with one attached hydrogen (secondary N) is 2. The molecule has 5 nitrogen and oxygen atoms in total. The first kappa shape index (κ1) is 13.9. The van der Waals surface area contributed by atoms with Gasteiger partial charge in [-0.25, -0.2) is 0 Å². The fourth-order valence-electron chi connectivity index (χ4n) is 1.67. The minimum atomic E-state index is -0.115. The van der Waals surface area contributed by atoms with Gasteiger partial charge in [-0.05, 0) is 19.0 Å². The summed E-state index contributed by atoms with van der Waals surface area (Å²) in [6.45, 7) is 5.25. The molecule has 0 aliphatic rings. The van der Waals surface area contributed by atoms with E-state index in [1.807, 2.05) is 6.07 Å². The van der Waals surface area contributed by atoms with E-state index in [0.29, 0.717) is 6.04 Å². The third-order valence-electron chi connectivity index (χ3n) is 2.59. The summed E-state index contributed by atoms with van der Waals surface area (Å²) in [5, 5.41) is 13.4.